The molecule has 1 aromatic carbocycles. The molecule has 23 heavy (non-hydrogen) atoms. The van der Waals surface area contributed by atoms with Gasteiger partial charge in [0.2, 0.25) is 11.8 Å². The van der Waals surface area contributed by atoms with Gasteiger partial charge in [-0.25, -0.2) is 0 Å². The summed E-state index contributed by atoms with van der Waals surface area (Å²) in [6.45, 7) is 4.09. The molecule has 2 saturated heterocycles. The number of nitrogens with zero attached hydrogens (tertiary/aromatic N) is 1. The second kappa shape index (κ2) is 7.13. The fraction of sp³-hybridized carbons (Fsp3) is 0.556. The van der Waals surface area contributed by atoms with E-state index in [1.54, 1.807) is 0 Å². The standard InChI is InChI=1S/C18H25N3O2/c1-13(14-6-3-2-4-7-14)19-18(23)12-21-10-15-8-5-9-17(22)20-16(15)11-21/h2-4,6-7,13,15-16H,5,8-12H2,1H3,(H,19,23)(H,20,22)/t13-,15?,16?/m1/s1. The van der Waals surface area contributed by atoms with Gasteiger partial charge in [0.15, 0.2) is 0 Å². The normalized spacial score (nSPS) is 26.0. The zero-order chi connectivity index (χ0) is 16.2. The molecule has 3 rings (SSSR count). The number of likely N-dealkylation sites (tertiary alicyclic amines) is 1. The molecule has 2 heterocycles. The Morgan fingerprint density at radius 2 is 2.13 bits per heavy atom. The molecule has 2 unspecified atom stereocenters. The highest BCUT2D eigenvalue weighted by atomic mass is 16.2. The van der Waals surface area contributed by atoms with Gasteiger partial charge in [-0.05, 0) is 31.2 Å². The molecule has 0 saturated carbocycles. The highest BCUT2D eigenvalue weighted by Crippen LogP contribution is 2.25. The summed E-state index contributed by atoms with van der Waals surface area (Å²) in [6.07, 6.45) is 2.67. The van der Waals surface area contributed by atoms with Crippen LogP contribution in [0.2, 0.25) is 0 Å². The smallest absolute Gasteiger partial charge is 0.234 e. The molecular weight excluding hydrogens is 290 g/mol. The fourth-order valence-electron chi connectivity index (χ4n) is 3.66. The number of amides is 2. The third kappa shape index (κ3) is 4.10. The molecule has 5 nitrogen and oxygen atoms in total. The molecule has 2 fully saturated rings. The average molecular weight is 315 g/mol. The van der Waals surface area contributed by atoms with Crippen LogP contribution in [-0.4, -0.2) is 42.4 Å². The molecule has 5 heteroatoms. The number of fused-ring (bicyclic) bond motifs is 1. The first-order valence-corrected chi connectivity index (χ1v) is 8.48. The average Bonchev–Trinajstić information content (AvgIpc) is 2.80. The van der Waals surface area contributed by atoms with Crippen LogP contribution in [0.15, 0.2) is 30.3 Å². The molecule has 124 valence electrons. The number of hydrogen-bond donors (Lipinski definition) is 2. The molecule has 0 bridgehead atoms. The Morgan fingerprint density at radius 1 is 1.35 bits per heavy atom. The minimum absolute atomic E-state index is 0.0106. The van der Waals surface area contributed by atoms with Crippen molar-refractivity contribution in [2.45, 2.75) is 38.3 Å². The van der Waals surface area contributed by atoms with Crippen molar-refractivity contribution in [1.82, 2.24) is 15.5 Å². The zero-order valence-electron chi connectivity index (χ0n) is 13.6. The van der Waals surface area contributed by atoms with Crippen LogP contribution >= 0.6 is 0 Å². The van der Waals surface area contributed by atoms with Gasteiger partial charge in [0.05, 0.1) is 12.6 Å². The maximum Gasteiger partial charge on any atom is 0.234 e. The van der Waals surface area contributed by atoms with Crippen LogP contribution in [-0.2, 0) is 9.59 Å². The Labute approximate surface area is 137 Å². The monoisotopic (exact) mass is 315 g/mol. The highest BCUT2D eigenvalue weighted by molar-refractivity contribution is 5.79. The summed E-state index contributed by atoms with van der Waals surface area (Å²) in [5.41, 5.74) is 1.11. The summed E-state index contributed by atoms with van der Waals surface area (Å²) in [7, 11) is 0. The Kier molecular flexibility index (Phi) is 4.96. The highest BCUT2D eigenvalue weighted by Gasteiger charge is 2.35. The van der Waals surface area contributed by atoms with Crippen LogP contribution in [0.3, 0.4) is 0 Å². The largest absolute Gasteiger partial charge is 0.352 e. The van der Waals surface area contributed by atoms with Gasteiger partial charge in [0.1, 0.15) is 0 Å². The van der Waals surface area contributed by atoms with Crippen molar-refractivity contribution in [3.63, 3.8) is 0 Å². The summed E-state index contributed by atoms with van der Waals surface area (Å²) >= 11 is 0. The van der Waals surface area contributed by atoms with Gasteiger partial charge in [0, 0.05) is 25.6 Å². The van der Waals surface area contributed by atoms with E-state index in [9.17, 15) is 9.59 Å². The number of hydrogen-bond acceptors (Lipinski definition) is 3. The van der Waals surface area contributed by atoms with E-state index in [0.29, 0.717) is 18.9 Å². The molecule has 2 amide bonds. The topological polar surface area (TPSA) is 61.4 Å². The Hall–Kier alpha value is -1.88. The van der Waals surface area contributed by atoms with Crippen molar-refractivity contribution in [1.29, 1.82) is 0 Å². The Balaban J connectivity index is 1.50. The first kappa shape index (κ1) is 16.0. The van der Waals surface area contributed by atoms with Gasteiger partial charge in [0.25, 0.3) is 0 Å². The molecule has 0 spiro atoms. The summed E-state index contributed by atoms with van der Waals surface area (Å²) in [5, 5.41) is 6.16. The number of benzene rings is 1. The summed E-state index contributed by atoms with van der Waals surface area (Å²) < 4.78 is 0. The lowest BCUT2D eigenvalue weighted by Gasteiger charge is -2.19. The van der Waals surface area contributed by atoms with Crippen LogP contribution in [0.25, 0.3) is 0 Å². The molecule has 2 aliphatic rings. The molecular formula is C18H25N3O2. The lowest BCUT2D eigenvalue weighted by atomic mass is 9.99. The SMILES string of the molecule is C[C@@H](NC(=O)CN1CC2CCCC(=O)NC2C1)c1ccccc1. The lowest BCUT2D eigenvalue weighted by Crippen LogP contribution is -2.40. The maximum atomic E-state index is 12.3. The van der Waals surface area contributed by atoms with Gasteiger partial charge in [-0.1, -0.05) is 30.3 Å². The number of carbonyl (C=O) groups excluding carboxylic acids is 2. The van der Waals surface area contributed by atoms with Crippen molar-refractivity contribution in [2.24, 2.45) is 5.92 Å². The minimum Gasteiger partial charge on any atom is -0.352 e. The van der Waals surface area contributed by atoms with E-state index in [2.05, 4.69) is 15.5 Å². The van der Waals surface area contributed by atoms with Gasteiger partial charge >= 0.3 is 0 Å². The molecule has 0 aliphatic carbocycles. The number of nitrogens with one attached hydrogen (secondary N) is 2. The maximum absolute atomic E-state index is 12.3. The van der Waals surface area contributed by atoms with Crippen LogP contribution in [0.4, 0.5) is 0 Å². The molecule has 2 N–H and O–H groups in total. The molecule has 3 atom stereocenters. The minimum atomic E-state index is 0.0106. The van der Waals surface area contributed by atoms with Crippen molar-refractivity contribution in [3.8, 4) is 0 Å². The third-order valence-electron chi connectivity index (χ3n) is 4.89. The van der Waals surface area contributed by atoms with E-state index in [4.69, 9.17) is 0 Å². The molecule has 1 aromatic rings. The van der Waals surface area contributed by atoms with E-state index in [0.717, 1.165) is 31.5 Å². The van der Waals surface area contributed by atoms with E-state index in [1.165, 1.54) is 0 Å². The number of rotatable bonds is 4. The van der Waals surface area contributed by atoms with Gasteiger partial charge < -0.3 is 10.6 Å². The predicted molar refractivity (Wildman–Crippen MR) is 88.7 cm³/mol. The summed E-state index contributed by atoms with van der Waals surface area (Å²) in [4.78, 5) is 26.1. The summed E-state index contributed by atoms with van der Waals surface area (Å²) in [6, 6.07) is 10.2. The summed E-state index contributed by atoms with van der Waals surface area (Å²) in [5.74, 6) is 0.687. The van der Waals surface area contributed by atoms with Crippen molar-refractivity contribution >= 4 is 11.8 Å². The van der Waals surface area contributed by atoms with Gasteiger partial charge in [-0.15, -0.1) is 0 Å². The Bertz CT molecular complexity index is 561. The van der Waals surface area contributed by atoms with E-state index < -0.39 is 0 Å². The molecule has 0 radical (unpaired) electrons. The van der Waals surface area contributed by atoms with Crippen LogP contribution < -0.4 is 10.6 Å². The quantitative estimate of drug-likeness (QED) is 0.884. The van der Waals surface area contributed by atoms with E-state index >= 15 is 0 Å². The first-order valence-electron chi connectivity index (χ1n) is 8.48. The van der Waals surface area contributed by atoms with Crippen molar-refractivity contribution in [2.75, 3.05) is 19.6 Å². The van der Waals surface area contributed by atoms with E-state index in [1.807, 2.05) is 37.3 Å². The van der Waals surface area contributed by atoms with Gasteiger partial charge in [-0.2, -0.15) is 0 Å². The zero-order valence-corrected chi connectivity index (χ0v) is 13.6. The van der Waals surface area contributed by atoms with Crippen LogP contribution in [0, 0.1) is 5.92 Å². The lowest BCUT2D eigenvalue weighted by molar-refractivity contribution is -0.122. The van der Waals surface area contributed by atoms with Crippen LogP contribution in [0.1, 0.15) is 37.8 Å². The second-order valence-corrected chi connectivity index (χ2v) is 6.72. The molecule has 0 aromatic heterocycles. The Morgan fingerprint density at radius 3 is 2.91 bits per heavy atom. The van der Waals surface area contributed by atoms with Crippen molar-refractivity contribution in [3.05, 3.63) is 35.9 Å². The van der Waals surface area contributed by atoms with E-state index in [-0.39, 0.29) is 23.9 Å². The third-order valence-corrected chi connectivity index (χ3v) is 4.89. The fourth-order valence-corrected chi connectivity index (χ4v) is 3.66. The van der Waals surface area contributed by atoms with Crippen LogP contribution in [0.5, 0.6) is 0 Å². The predicted octanol–water partition coefficient (Wildman–Crippen LogP) is 1.46. The van der Waals surface area contributed by atoms with Crippen molar-refractivity contribution < 1.29 is 9.59 Å². The number of carbonyl (C=O) groups is 2. The second-order valence-electron chi connectivity index (χ2n) is 6.72. The van der Waals surface area contributed by atoms with Gasteiger partial charge in [-0.3, -0.25) is 14.5 Å². The molecule has 2 aliphatic heterocycles. The first-order chi connectivity index (χ1) is 11.1.